The van der Waals surface area contributed by atoms with Gasteiger partial charge in [0.1, 0.15) is 5.75 Å². The number of carbonyl (C=O) groups is 3. The van der Waals surface area contributed by atoms with E-state index in [4.69, 9.17) is 4.74 Å². The zero-order valence-corrected chi connectivity index (χ0v) is 15.8. The van der Waals surface area contributed by atoms with Crippen LogP contribution in [0.25, 0.3) is 0 Å². The maximum Gasteiger partial charge on any atom is 0.437 e. The largest absolute Gasteiger partial charge is 0.550 e. The third kappa shape index (κ3) is 5.56. The second-order valence-electron chi connectivity index (χ2n) is 6.35. The fourth-order valence-corrected chi connectivity index (χ4v) is 2.54. The summed E-state index contributed by atoms with van der Waals surface area (Å²) in [5.74, 6) is -5.38. The molecule has 0 unspecified atom stereocenters. The molecule has 0 radical (unpaired) electrons. The van der Waals surface area contributed by atoms with Crippen LogP contribution in [0.15, 0.2) is 54.6 Å². The molecule has 2 aromatic rings. The van der Waals surface area contributed by atoms with Crippen molar-refractivity contribution in [2.45, 2.75) is 24.4 Å². The predicted octanol–water partition coefficient (Wildman–Crippen LogP) is 2.84. The van der Waals surface area contributed by atoms with Gasteiger partial charge in [-0.2, -0.15) is 26.3 Å². The predicted molar refractivity (Wildman–Crippen MR) is 92.4 cm³/mol. The summed E-state index contributed by atoms with van der Waals surface area (Å²) in [7, 11) is 0. The Morgan fingerprint density at radius 3 is 1.75 bits per heavy atom. The first kappa shape index (κ1) is 24.7. The molecule has 0 saturated carbocycles. The fraction of sp³-hybridized carbons (Fsp3) is 0.250. The van der Waals surface area contributed by atoms with Gasteiger partial charge in [-0.05, 0) is 24.3 Å². The van der Waals surface area contributed by atoms with Crippen LogP contribution < -0.4 is 9.84 Å². The number of carboxylic acids is 1. The molecule has 0 fully saturated rings. The molecule has 0 aromatic heterocycles. The minimum absolute atomic E-state index is 0.170. The van der Waals surface area contributed by atoms with Crippen molar-refractivity contribution in [3.63, 3.8) is 0 Å². The first-order chi connectivity index (χ1) is 14.8. The van der Waals surface area contributed by atoms with Crippen LogP contribution in [0, 0.1) is 0 Å². The molecule has 0 bridgehead atoms. The molecule has 2 rings (SSSR count). The summed E-state index contributed by atoms with van der Waals surface area (Å²) >= 11 is 0. The average molecular weight is 463 g/mol. The van der Waals surface area contributed by atoms with Crippen LogP contribution in [0.4, 0.5) is 26.3 Å². The van der Waals surface area contributed by atoms with E-state index < -0.39 is 42.9 Å². The van der Waals surface area contributed by atoms with Crippen molar-refractivity contribution in [1.82, 2.24) is 0 Å². The van der Waals surface area contributed by atoms with Crippen molar-refractivity contribution in [3.05, 3.63) is 65.7 Å². The smallest absolute Gasteiger partial charge is 0.437 e. The topological polar surface area (TPSA) is 92.7 Å². The fourth-order valence-electron chi connectivity index (χ4n) is 2.54. The van der Waals surface area contributed by atoms with E-state index in [0.717, 1.165) is 12.1 Å². The Morgan fingerprint density at radius 2 is 1.28 bits per heavy atom. The summed E-state index contributed by atoms with van der Waals surface area (Å²) in [5.41, 5.74) is -4.73. The van der Waals surface area contributed by atoms with Gasteiger partial charge in [0.2, 0.25) is 0 Å². The quantitative estimate of drug-likeness (QED) is 0.340. The lowest BCUT2D eigenvalue weighted by Crippen LogP contribution is -2.62. The molecule has 0 atom stereocenters. The van der Waals surface area contributed by atoms with E-state index in [1.165, 1.54) is 12.1 Å². The summed E-state index contributed by atoms with van der Waals surface area (Å²) in [6.07, 6.45) is -15.3. The molecular weight excluding hydrogens is 450 g/mol. The van der Waals surface area contributed by atoms with E-state index in [0.29, 0.717) is 5.56 Å². The Morgan fingerprint density at radius 1 is 0.781 bits per heavy atom. The second-order valence-corrected chi connectivity index (χ2v) is 6.35. The van der Waals surface area contributed by atoms with Crippen LogP contribution in [-0.4, -0.2) is 42.3 Å². The van der Waals surface area contributed by atoms with E-state index in [1.807, 2.05) is 0 Å². The maximum atomic E-state index is 13.1. The number of carboxylic acid groups (broad SMARTS) is 1. The third-order valence-electron chi connectivity index (χ3n) is 4.11. The normalized spacial score (nSPS) is 12.2. The number of carbonyl (C=O) groups excluding carboxylic acids is 3. The summed E-state index contributed by atoms with van der Waals surface area (Å²) < 4.78 is 86.7. The van der Waals surface area contributed by atoms with E-state index in [9.17, 15) is 45.8 Å². The molecule has 0 heterocycles. The van der Waals surface area contributed by atoms with Gasteiger partial charge in [-0.25, -0.2) is 4.79 Å². The second kappa shape index (κ2) is 9.28. The van der Waals surface area contributed by atoms with Crippen LogP contribution in [0.3, 0.4) is 0 Å². The van der Waals surface area contributed by atoms with Crippen molar-refractivity contribution < 1.29 is 55.3 Å². The number of benzene rings is 2. The summed E-state index contributed by atoms with van der Waals surface area (Å²) in [4.78, 5) is 34.4. The van der Waals surface area contributed by atoms with Crippen LogP contribution in [0.2, 0.25) is 0 Å². The van der Waals surface area contributed by atoms with E-state index >= 15 is 0 Å². The summed E-state index contributed by atoms with van der Waals surface area (Å²) in [5, 5.41) is 10.5. The highest BCUT2D eigenvalue weighted by atomic mass is 19.4. The SMILES string of the molecule is O=C([O-])CC(OC(=O)COc1ccc(C(=O)c2ccccc2)cc1)(C(F)(F)F)C(F)(F)F. The Labute approximate surface area is 176 Å². The molecule has 0 N–H and O–H groups in total. The number of esters is 1. The zero-order valence-electron chi connectivity index (χ0n) is 15.8. The first-order valence-corrected chi connectivity index (χ1v) is 8.64. The molecule has 0 saturated heterocycles. The minimum Gasteiger partial charge on any atom is -0.550 e. The van der Waals surface area contributed by atoms with Gasteiger partial charge < -0.3 is 19.4 Å². The molecular formula is C20H13F6O6-. The number of hydrogen-bond acceptors (Lipinski definition) is 6. The van der Waals surface area contributed by atoms with Gasteiger partial charge in [-0.15, -0.1) is 0 Å². The van der Waals surface area contributed by atoms with Crippen LogP contribution in [0.5, 0.6) is 5.75 Å². The number of rotatable bonds is 8. The molecule has 0 aliphatic rings. The molecule has 12 heteroatoms. The van der Waals surface area contributed by atoms with Gasteiger partial charge in [0, 0.05) is 23.5 Å². The molecule has 2 aromatic carbocycles. The molecule has 0 amide bonds. The Bertz CT molecular complexity index is 953. The highest BCUT2D eigenvalue weighted by Gasteiger charge is 2.74. The van der Waals surface area contributed by atoms with Gasteiger partial charge in [0.25, 0.3) is 0 Å². The van der Waals surface area contributed by atoms with Crippen molar-refractivity contribution in [1.29, 1.82) is 0 Å². The number of ketones is 1. The highest BCUT2D eigenvalue weighted by molar-refractivity contribution is 6.08. The maximum absolute atomic E-state index is 13.1. The van der Waals surface area contributed by atoms with Crippen LogP contribution in [-0.2, 0) is 14.3 Å². The number of ether oxygens (including phenoxy) is 2. The summed E-state index contributed by atoms with van der Waals surface area (Å²) in [6, 6.07) is 12.9. The Balaban J connectivity index is 2.10. The van der Waals surface area contributed by atoms with Crippen LogP contribution in [0.1, 0.15) is 22.3 Å². The van der Waals surface area contributed by atoms with Gasteiger partial charge in [-0.3, -0.25) is 4.79 Å². The Hall–Kier alpha value is -3.57. The summed E-state index contributed by atoms with van der Waals surface area (Å²) in [6.45, 7) is -1.40. The van der Waals surface area contributed by atoms with E-state index in [2.05, 4.69) is 4.74 Å². The van der Waals surface area contributed by atoms with Gasteiger partial charge >= 0.3 is 23.9 Å². The molecule has 172 valence electrons. The number of hydrogen-bond donors (Lipinski definition) is 0. The monoisotopic (exact) mass is 463 g/mol. The lowest BCUT2D eigenvalue weighted by molar-refractivity contribution is -0.381. The molecule has 0 aliphatic carbocycles. The lowest BCUT2D eigenvalue weighted by Gasteiger charge is -2.36. The third-order valence-corrected chi connectivity index (χ3v) is 4.11. The van der Waals surface area contributed by atoms with Gasteiger partial charge in [-0.1, -0.05) is 30.3 Å². The van der Waals surface area contributed by atoms with Crippen molar-refractivity contribution in [2.75, 3.05) is 6.61 Å². The van der Waals surface area contributed by atoms with E-state index in [1.54, 1.807) is 30.3 Å². The number of aliphatic carboxylic acids is 1. The number of alkyl halides is 6. The standard InChI is InChI=1S/C20H14F6O6/c21-19(22,23)18(10-15(27)28,20(24,25)26)32-16(29)11-31-14-8-6-13(7-9-14)17(30)12-4-2-1-3-5-12/h1-9H,10-11H2,(H,27,28)/p-1. The van der Waals surface area contributed by atoms with Gasteiger partial charge in [0.15, 0.2) is 12.4 Å². The Kier molecular flexibility index (Phi) is 7.17. The van der Waals surface area contributed by atoms with Crippen LogP contribution >= 0.6 is 0 Å². The van der Waals surface area contributed by atoms with Crippen molar-refractivity contribution >= 4 is 17.7 Å². The first-order valence-electron chi connectivity index (χ1n) is 8.64. The zero-order chi connectivity index (χ0) is 24.2. The van der Waals surface area contributed by atoms with Gasteiger partial charge in [0.05, 0.1) is 0 Å². The highest BCUT2D eigenvalue weighted by Crippen LogP contribution is 2.48. The van der Waals surface area contributed by atoms with Crippen molar-refractivity contribution in [2.24, 2.45) is 0 Å². The molecule has 0 spiro atoms. The van der Waals surface area contributed by atoms with Crippen molar-refractivity contribution in [3.8, 4) is 5.75 Å². The minimum atomic E-state index is -6.29. The molecule has 6 nitrogen and oxygen atoms in total. The molecule has 32 heavy (non-hydrogen) atoms. The van der Waals surface area contributed by atoms with E-state index in [-0.39, 0.29) is 17.1 Å². The number of halogens is 6. The average Bonchev–Trinajstić information content (AvgIpc) is 2.70. The lowest BCUT2D eigenvalue weighted by atomic mass is 9.97. The molecule has 0 aliphatic heterocycles.